The fraction of sp³-hybridized carbons (Fsp3) is 0.391. The molecule has 2 amide bonds. The molecule has 0 bridgehead atoms. The van der Waals surface area contributed by atoms with Gasteiger partial charge in [-0.3, -0.25) is 9.59 Å². The molecule has 1 saturated heterocycles. The van der Waals surface area contributed by atoms with Crippen molar-refractivity contribution in [3.05, 3.63) is 59.7 Å². The molecule has 2 heterocycles. The van der Waals surface area contributed by atoms with Crippen LogP contribution in [0.4, 0.5) is 5.69 Å². The highest BCUT2D eigenvalue weighted by molar-refractivity contribution is 5.98. The molecule has 0 aliphatic carbocycles. The molecule has 2 aliphatic rings. The molecule has 2 aromatic carbocycles. The van der Waals surface area contributed by atoms with Crippen LogP contribution in [-0.2, 0) is 11.2 Å². The highest BCUT2D eigenvalue weighted by Crippen LogP contribution is 2.29. The predicted octanol–water partition coefficient (Wildman–Crippen LogP) is 2.75. The van der Waals surface area contributed by atoms with Crippen LogP contribution in [0, 0.1) is 5.41 Å². The van der Waals surface area contributed by atoms with Gasteiger partial charge in [-0.1, -0.05) is 31.2 Å². The number of para-hydroxylation sites is 1. The van der Waals surface area contributed by atoms with Gasteiger partial charge in [-0.25, -0.2) is 0 Å². The summed E-state index contributed by atoms with van der Waals surface area (Å²) >= 11 is 0. The van der Waals surface area contributed by atoms with E-state index in [-0.39, 0.29) is 17.2 Å². The Morgan fingerprint density at radius 1 is 1.14 bits per heavy atom. The van der Waals surface area contributed by atoms with E-state index in [2.05, 4.69) is 22.9 Å². The number of benzene rings is 2. The van der Waals surface area contributed by atoms with Gasteiger partial charge in [-0.05, 0) is 61.2 Å². The van der Waals surface area contributed by atoms with Crippen LogP contribution in [0.5, 0.6) is 5.75 Å². The van der Waals surface area contributed by atoms with Crippen molar-refractivity contribution in [2.45, 2.75) is 32.3 Å². The average molecular weight is 393 g/mol. The maximum Gasteiger partial charge on any atom is 0.265 e. The lowest BCUT2D eigenvalue weighted by Gasteiger charge is -2.34. The maximum atomic E-state index is 12.6. The second-order valence-corrected chi connectivity index (χ2v) is 8.23. The quantitative estimate of drug-likeness (QED) is 0.730. The van der Waals surface area contributed by atoms with Crippen molar-refractivity contribution in [3.63, 3.8) is 0 Å². The number of piperidine rings is 1. The summed E-state index contributed by atoms with van der Waals surface area (Å²) in [6.07, 6.45) is 2.10. The fourth-order valence-corrected chi connectivity index (χ4v) is 3.89. The zero-order chi connectivity index (χ0) is 20.3. The van der Waals surface area contributed by atoms with Crippen LogP contribution in [0.25, 0.3) is 0 Å². The van der Waals surface area contributed by atoms with Gasteiger partial charge >= 0.3 is 0 Å². The molecule has 1 atom stereocenters. The topological polar surface area (TPSA) is 79.5 Å². The first-order valence-electron chi connectivity index (χ1n) is 10.2. The molecular weight excluding hydrogens is 366 g/mol. The van der Waals surface area contributed by atoms with Gasteiger partial charge in [0, 0.05) is 24.2 Å². The minimum absolute atomic E-state index is 0.120. The predicted molar refractivity (Wildman–Crippen MR) is 112 cm³/mol. The van der Waals surface area contributed by atoms with E-state index in [4.69, 9.17) is 4.74 Å². The van der Waals surface area contributed by atoms with Crippen LogP contribution < -0.4 is 20.7 Å². The van der Waals surface area contributed by atoms with Gasteiger partial charge < -0.3 is 20.7 Å². The average Bonchev–Trinajstić information content (AvgIpc) is 3.17. The molecule has 1 unspecified atom stereocenters. The van der Waals surface area contributed by atoms with E-state index in [9.17, 15) is 9.59 Å². The van der Waals surface area contributed by atoms with E-state index < -0.39 is 6.10 Å². The van der Waals surface area contributed by atoms with Crippen molar-refractivity contribution < 1.29 is 14.3 Å². The standard InChI is InChI=1S/C23H27N3O3/c1-23(9-11-24-12-10-23)15-25-21(27)17-6-4-7-18(13-17)26-22(28)20-14-16-5-2-3-8-19(16)29-20/h2-8,13,20,24H,9-12,14-15H2,1H3,(H,25,27)(H,26,28). The fourth-order valence-electron chi connectivity index (χ4n) is 3.89. The summed E-state index contributed by atoms with van der Waals surface area (Å²) in [5.41, 5.74) is 2.29. The maximum absolute atomic E-state index is 12.6. The Morgan fingerprint density at radius 3 is 2.72 bits per heavy atom. The van der Waals surface area contributed by atoms with Crippen LogP contribution in [-0.4, -0.2) is 37.6 Å². The molecule has 0 radical (unpaired) electrons. The molecule has 6 nitrogen and oxygen atoms in total. The number of rotatable bonds is 5. The molecule has 0 spiro atoms. The van der Waals surface area contributed by atoms with Gasteiger partial charge in [0.25, 0.3) is 11.8 Å². The highest BCUT2D eigenvalue weighted by Gasteiger charge is 2.29. The van der Waals surface area contributed by atoms with Crippen LogP contribution in [0.1, 0.15) is 35.7 Å². The molecule has 4 rings (SSSR count). The molecule has 0 aromatic heterocycles. The summed E-state index contributed by atoms with van der Waals surface area (Å²) in [6, 6.07) is 14.7. The molecule has 29 heavy (non-hydrogen) atoms. The van der Waals surface area contributed by atoms with Crippen LogP contribution in [0.15, 0.2) is 48.5 Å². The third-order valence-corrected chi connectivity index (χ3v) is 5.82. The van der Waals surface area contributed by atoms with Crippen molar-refractivity contribution in [1.29, 1.82) is 0 Å². The van der Waals surface area contributed by atoms with Crippen molar-refractivity contribution >= 4 is 17.5 Å². The van der Waals surface area contributed by atoms with E-state index in [0.29, 0.717) is 24.2 Å². The molecule has 152 valence electrons. The molecule has 0 saturated carbocycles. The third kappa shape index (κ3) is 4.59. The summed E-state index contributed by atoms with van der Waals surface area (Å²) in [6.45, 7) is 4.84. The van der Waals surface area contributed by atoms with Gasteiger partial charge in [-0.15, -0.1) is 0 Å². The molecule has 3 N–H and O–H groups in total. The first-order valence-corrected chi connectivity index (χ1v) is 10.2. The normalized spacial score (nSPS) is 19.7. The van der Waals surface area contributed by atoms with Crippen molar-refractivity contribution in [1.82, 2.24) is 10.6 Å². The lowest BCUT2D eigenvalue weighted by molar-refractivity contribution is -0.122. The molecule has 2 aliphatic heterocycles. The second-order valence-electron chi connectivity index (χ2n) is 8.23. The van der Waals surface area contributed by atoms with Gasteiger partial charge in [0.15, 0.2) is 6.10 Å². The number of nitrogens with one attached hydrogen (secondary N) is 3. The van der Waals surface area contributed by atoms with E-state index in [0.717, 1.165) is 37.2 Å². The van der Waals surface area contributed by atoms with E-state index >= 15 is 0 Å². The van der Waals surface area contributed by atoms with Crippen molar-refractivity contribution in [3.8, 4) is 5.75 Å². The Balaban J connectivity index is 1.35. The Bertz CT molecular complexity index is 881. The monoisotopic (exact) mass is 393 g/mol. The SMILES string of the molecule is CC1(CNC(=O)c2cccc(NC(=O)C3Cc4ccccc4O3)c2)CCNCC1. The van der Waals surface area contributed by atoms with Gasteiger partial charge in [0.1, 0.15) is 5.75 Å². The number of carbonyl (C=O) groups excluding carboxylic acids is 2. The summed E-state index contributed by atoms with van der Waals surface area (Å²) in [5, 5.41) is 9.28. The lowest BCUT2D eigenvalue weighted by Crippen LogP contribution is -2.42. The van der Waals surface area contributed by atoms with E-state index in [1.807, 2.05) is 24.3 Å². The molecular formula is C23H27N3O3. The number of hydrogen-bond donors (Lipinski definition) is 3. The van der Waals surface area contributed by atoms with E-state index in [1.165, 1.54) is 0 Å². The Labute approximate surface area is 171 Å². The lowest BCUT2D eigenvalue weighted by atomic mass is 9.81. The second kappa shape index (κ2) is 8.25. The van der Waals surface area contributed by atoms with Crippen LogP contribution >= 0.6 is 0 Å². The molecule has 6 heteroatoms. The Hall–Kier alpha value is -2.86. The summed E-state index contributed by atoms with van der Waals surface area (Å²) in [7, 11) is 0. The van der Waals surface area contributed by atoms with Gasteiger partial charge in [-0.2, -0.15) is 0 Å². The van der Waals surface area contributed by atoms with Gasteiger partial charge in [0.05, 0.1) is 0 Å². The number of carbonyl (C=O) groups is 2. The number of anilines is 1. The first-order chi connectivity index (χ1) is 14.0. The Kier molecular flexibility index (Phi) is 5.53. The van der Waals surface area contributed by atoms with Crippen molar-refractivity contribution in [2.24, 2.45) is 5.41 Å². The minimum atomic E-state index is -0.551. The minimum Gasteiger partial charge on any atom is -0.480 e. The van der Waals surface area contributed by atoms with Crippen LogP contribution in [0.2, 0.25) is 0 Å². The number of ether oxygens (including phenoxy) is 1. The number of amides is 2. The van der Waals surface area contributed by atoms with Gasteiger partial charge in [0.2, 0.25) is 0 Å². The van der Waals surface area contributed by atoms with E-state index in [1.54, 1.807) is 24.3 Å². The first kappa shape index (κ1) is 19.5. The Morgan fingerprint density at radius 2 is 1.93 bits per heavy atom. The summed E-state index contributed by atoms with van der Waals surface area (Å²) < 4.78 is 5.74. The summed E-state index contributed by atoms with van der Waals surface area (Å²) in [4.78, 5) is 25.2. The number of hydrogen-bond acceptors (Lipinski definition) is 4. The summed E-state index contributed by atoms with van der Waals surface area (Å²) in [5.74, 6) is 0.429. The highest BCUT2D eigenvalue weighted by atomic mass is 16.5. The number of fused-ring (bicyclic) bond motifs is 1. The molecule has 2 aromatic rings. The smallest absolute Gasteiger partial charge is 0.265 e. The van der Waals surface area contributed by atoms with Crippen LogP contribution in [0.3, 0.4) is 0 Å². The van der Waals surface area contributed by atoms with Crippen molar-refractivity contribution in [2.75, 3.05) is 25.0 Å². The largest absolute Gasteiger partial charge is 0.480 e. The zero-order valence-electron chi connectivity index (χ0n) is 16.7. The zero-order valence-corrected chi connectivity index (χ0v) is 16.7. The molecule has 1 fully saturated rings. The third-order valence-electron chi connectivity index (χ3n) is 5.82.